The Morgan fingerprint density at radius 3 is 1.72 bits per heavy atom. The maximum Gasteiger partial charge on any atom is 0.0541 e. The molecule has 254 valence electrons. The smallest absolute Gasteiger partial charge is 0.0541 e. The van der Waals surface area contributed by atoms with E-state index in [2.05, 4.69) is 205 Å². The van der Waals surface area contributed by atoms with Gasteiger partial charge in [0.05, 0.1) is 5.52 Å². The molecular formula is C51H40N2. The summed E-state index contributed by atoms with van der Waals surface area (Å²) in [7, 11) is 0. The Bertz CT molecular complexity index is 2640. The Balaban J connectivity index is 0.995. The molecule has 8 aromatic rings. The molecule has 0 saturated carbocycles. The van der Waals surface area contributed by atoms with Gasteiger partial charge in [0.25, 0.3) is 0 Å². The third-order valence-corrected chi connectivity index (χ3v) is 11.5. The van der Waals surface area contributed by atoms with E-state index in [0.717, 1.165) is 29.9 Å². The predicted octanol–water partition coefficient (Wildman–Crippen LogP) is 13.7. The Morgan fingerprint density at radius 2 is 1.06 bits per heavy atom. The molecule has 0 saturated heterocycles. The summed E-state index contributed by atoms with van der Waals surface area (Å²) in [4.78, 5) is 2.33. The second-order valence-electron chi connectivity index (χ2n) is 14.9. The molecule has 0 amide bonds. The fourth-order valence-electron chi connectivity index (χ4n) is 8.77. The van der Waals surface area contributed by atoms with Gasteiger partial charge in [-0.05, 0) is 118 Å². The molecule has 7 aromatic carbocycles. The minimum atomic E-state index is -0.0384. The zero-order chi connectivity index (χ0) is 35.5. The van der Waals surface area contributed by atoms with E-state index in [1.165, 1.54) is 72.4 Å². The van der Waals surface area contributed by atoms with Gasteiger partial charge in [-0.25, -0.2) is 0 Å². The van der Waals surface area contributed by atoms with Crippen LogP contribution in [-0.4, -0.2) is 4.57 Å². The summed E-state index contributed by atoms with van der Waals surface area (Å²) in [6.07, 6.45) is 6.80. The fraction of sp³-hybridized carbons (Fsp3) is 0.0980. The van der Waals surface area contributed by atoms with Crippen LogP contribution in [-0.2, 0) is 11.8 Å². The predicted molar refractivity (Wildman–Crippen MR) is 224 cm³/mol. The van der Waals surface area contributed by atoms with Crippen molar-refractivity contribution < 1.29 is 0 Å². The number of benzene rings is 7. The molecule has 0 unspecified atom stereocenters. The molecule has 1 aromatic heterocycles. The van der Waals surface area contributed by atoms with Crippen LogP contribution in [0.5, 0.6) is 0 Å². The molecule has 53 heavy (non-hydrogen) atoms. The standard InChI is InChI=1S/C51H40N2/c1-51(2)47-19-11-9-17-43(47)45-33-46-44-18-10-12-20-49(44)53(50(46)34-48(45)51)42-31-25-38(26-32-42)37-23-29-41(30-24-37)52(39-15-7-4-8-16-39)40-27-21-36(22-28-40)35-13-5-3-6-14-35/h3-11,13-19,21-34H,12,20H2,1-2H3. The maximum atomic E-state index is 2.53. The summed E-state index contributed by atoms with van der Waals surface area (Å²) in [6.45, 7) is 4.74. The van der Waals surface area contributed by atoms with Crippen LogP contribution in [0.3, 0.4) is 0 Å². The van der Waals surface area contributed by atoms with Crippen LogP contribution in [0.25, 0.3) is 56.0 Å². The van der Waals surface area contributed by atoms with Crippen molar-refractivity contribution in [1.29, 1.82) is 0 Å². The van der Waals surface area contributed by atoms with E-state index < -0.39 is 0 Å². The molecular weight excluding hydrogens is 641 g/mol. The number of allylic oxidation sites excluding steroid dienone is 1. The molecule has 0 spiro atoms. The quantitative estimate of drug-likeness (QED) is 0.170. The van der Waals surface area contributed by atoms with Crippen molar-refractivity contribution in [3.05, 3.63) is 198 Å². The molecule has 1 heterocycles. The first kappa shape index (κ1) is 31.4. The lowest BCUT2D eigenvalue weighted by molar-refractivity contribution is 0.661. The first-order chi connectivity index (χ1) is 26.0. The van der Waals surface area contributed by atoms with E-state index in [4.69, 9.17) is 0 Å². The average molecular weight is 681 g/mol. The van der Waals surface area contributed by atoms with Crippen molar-refractivity contribution in [2.75, 3.05) is 4.90 Å². The van der Waals surface area contributed by atoms with Crippen LogP contribution in [0.2, 0.25) is 0 Å². The molecule has 2 aliphatic carbocycles. The molecule has 0 bridgehead atoms. The molecule has 10 rings (SSSR count). The highest BCUT2D eigenvalue weighted by Crippen LogP contribution is 2.51. The summed E-state index contributed by atoms with van der Waals surface area (Å²) in [5.41, 5.74) is 19.1. The van der Waals surface area contributed by atoms with Crippen molar-refractivity contribution in [2.45, 2.75) is 32.1 Å². The van der Waals surface area contributed by atoms with Crippen LogP contribution in [0.4, 0.5) is 17.1 Å². The van der Waals surface area contributed by atoms with Crippen LogP contribution in [0.1, 0.15) is 42.7 Å². The number of hydrogen-bond donors (Lipinski definition) is 0. The van der Waals surface area contributed by atoms with Crippen LogP contribution < -0.4 is 4.90 Å². The largest absolute Gasteiger partial charge is 0.313 e. The molecule has 0 radical (unpaired) electrons. The van der Waals surface area contributed by atoms with Crippen molar-refractivity contribution in [1.82, 2.24) is 4.57 Å². The zero-order valence-electron chi connectivity index (χ0n) is 30.1. The minimum Gasteiger partial charge on any atom is -0.313 e. The topological polar surface area (TPSA) is 8.17 Å². The van der Waals surface area contributed by atoms with Gasteiger partial charge < -0.3 is 9.47 Å². The van der Waals surface area contributed by atoms with E-state index in [-0.39, 0.29) is 5.41 Å². The number of fused-ring (bicyclic) bond motifs is 6. The first-order valence-corrected chi connectivity index (χ1v) is 18.7. The van der Waals surface area contributed by atoms with E-state index in [1.54, 1.807) is 0 Å². The molecule has 0 N–H and O–H groups in total. The highest BCUT2D eigenvalue weighted by molar-refractivity contribution is 5.99. The molecule has 0 atom stereocenters. The summed E-state index contributed by atoms with van der Waals surface area (Å²) in [5.74, 6) is 0. The maximum absolute atomic E-state index is 2.53. The van der Waals surface area contributed by atoms with Crippen molar-refractivity contribution >= 4 is 34.0 Å². The molecule has 2 heteroatoms. The van der Waals surface area contributed by atoms with E-state index in [1.807, 2.05) is 0 Å². The SMILES string of the molecule is CC1(C)c2ccccc2-c2cc3c4c(n(-c5ccc(-c6ccc(N(c7ccccc7)c7ccc(-c8ccccc8)cc7)cc6)cc5)c3cc21)CCC=C4. The highest BCUT2D eigenvalue weighted by atomic mass is 15.1. The van der Waals surface area contributed by atoms with Gasteiger partial charge in [-0.15, -0.1) is 0 Å². The number of anilines is 3. The van der Waals surface area contributed by atoms with Gasteiger partial charge >= 0.3 is 0 Å². The summed E-state index contributed by atoms with van der Waals surface area (Å²) < 4.78 is 2.53. The molecule has 0 aliphatic heterocycles. The van der Waals surface area contributed by atoms with E-state index in [0.29, 0.717) is 0 Å². The number of nitrogens with zero attached hydrogens (tertiary/aromatic N) is 2. The number of hydrogen-bond acceptors (Lipinski definition) is 1. The normalized spacial score (nSPS) is 13.8. The summed E-state index contributed by atoms with van der Waals surface area (Å²) in [6, 6.07) is 62.1. The zero-order valence-corrected chi connectivity index (χ0v) is 30.1. The lowest BCUT2D eigenvalue weighted by Crippen LogP contribution is -2.15. The average Bonchev–Trinajstić information content (AvgIpc) is 3.66. The molecule has 0 fully saturated rings. The van der Waals surface area contributed by atoms with Gasteiger partial charge in [0.2, 0.25) is 0 Å². The molecule has 2 aliphatic rings. The highest BCUT2D eigenvalue weighted by Gasteiger charge is 2.36. The van der Waals surface area contributed by atoms with Crippen molar-refractivity contribution in [3.63, 3.8) is 0 Å². The minimum absolute atomic E-state index is 0.0384. The van der Waals surface area contributed by atoms with Crippen molar-refractivity contribution in [3.8, 4) is 39.1 Å². The van der Waals surface area contributed by atoms with Gasteiger partial charge in [0.15, 0.2) is 0 Å². The van der Waals surface area contributed by atoms with E-state index in [9.17, 15) is 0 Å². The third kappa shape index (κ3) is 5.17. The number of para-hydroxylation sites is 1. The second-order valence-corrected chi connectivity index (χ2v) is 14.9. The van der Waals surface area contributed by atoms with Crippen LogP contribution in [0, 0.1) is 0 Å². The number of rotatable bonds is 6. The van der Waals surface area contributed by atoms with Gasteiger partial charge in [0.1, 0.15) is 0 Å². The summed E-state index contributed by atoms with van der Waals surface area (Å²) >= 11 is 0. The lowest BCUT2D eigenvalue weighted by Gasteiger charge is -2.26. The van der Waals surface area contributed by atoms with Gasteiger partial charge in [0, 0.05) is 44.8 Å². The van der Waals surface area contributed by atoms with E-state index >= 15 is 0 Å². The van der Waals surface area contributed by atoms with Gasteiger partial charge in [-0.1, -0.05) is 135 Å². The van der Waals surface area contributed by atoms with Crippen LogP contribution in [0.15, 0.2) is 176 Å². The van der Waals surface area contributed by atoms with Crippen LogP contribution >= 0.6 is 0 Å². The summed E-state index contributed by atoms with van der Waals surface area (Å²) in [5, 5.41) is 1.35. The lowest BCUT2D eigenvalue weighted by atomic mass is 9.82. The Hall–Kier alpha value is -6.38. The monoisotopic (exact) mass is 680 g/mol. The number of aromatic nitrogens is 1. The fourth-order valence-corrected chi connectivity index (χ4v) is 8.77. The Labute approximate surface area is 311 Å². The second kappa shape index (κ2) is 12.4. The van der Waals surface area contributed by atoms with Gasteiger partial charge in [-0.2, -0.15) is 0 Å². The third-order valence-electron chi connectivity index (χ3n) is 11.5. The first-order valence-electron chi connectivity index (χ1n) is 18.7. The Morgan fingerprint density at radius 1 is 0.509 bits per heavy atom. The molecule has 2 nitrogen and oxygen atoms in total. The van der Waals surface area contributed by atoms with Gasteiger partial charge in [-0.3, -0.25) is 0 Å². The van der Waals surface area contributed by atoms with Crippen molar-refractivity contribution in [2.24, 2.45) is 0 Å². The Kier molecular flexibility index (Phi) is 7.33.